The van der Waals surface area contributed by atoms with Gasteiger partial charge in [-0.25, -0.2) is 0 Å². The number of carboxylic acid groups (broad SMARTS) is 1. The van der Waals surface area contributed by atoms with Gasteiger partial charge in [-0.05, 0) is 73.9 Å². The molecular formula is C27H40O5Si. The van der Waals surface area contributed by atoms with E-state index in [4.69, 9.17) is 9.16 Å². The molecule has 3 rings (SSSR count). The fraction of sp³-hybridized carbons (Fsp3) is 0.630. The van der Waals surface area contributed by atoms with E-state index >= 15 is 0 Å². The van der Waals surface area contributed by atoms with Crippen molar-refractivity contribution < 1.29 is 23.9 Å². The first-order valence-electron chi connectivity index (χ1n) is 12.2. The molecule has 1 aromatic rings. The Hall–Kier alpha value is -1.76. The van der Waals surface area contributed by atoms with Gasteiger partial charge in [0, 0.05) is 6.42 Å². The van der Waals surface area contributed by atoms with E-state index in [-0.39, 0.29) is 35.4 Å². The summed E-state index contributed by atoms with van der Waals surface area (Å²) >= 11 is 0. The quantitative estimate of drug-likeness (QED) is 0.319. The maximum atomic E-state index is 12.9. The van der Waals surface area contributed by atoms with E-state index in [1.807, 2.05) is 12.1 Å². The monoisotopic (exact) mass is 472 g/mol. The molecule has 6 heteroatoms. The van der Waals surface area contributed by atoms with Crippen LogP contribution in [0.15, 0.2) is 42.5 Å². The number of rotatable bonds is 11. The lowest BCUT2D eigenvalue weighted by molar-refractivity contribution is -0.139. The molecule has 0 aliphatic carbocycles. The first-order chi connectivity index (χ1) is 15.4. The Kier molecular flexibility index (Phi) is 8.02. The molecule has 0 saturated carbocycles. The van der Waals surface area contributed by atoms with E-state index < -0.39 is 20.4 Å². The van der Waals surface area contributed by atoms with Gasteiger partial charge < -0.3 is 14.3 Å². The summed E-state index contributed by atoms with van der Waals surface area (Å²) in [7, 11) is -2.18. The number of fused-ring (bicyclic) bond motifs is 2. The summed E-state index contributed by atoms with van der Waals surface area (Å²) in [4.78, 5) is 24.3. The molecular weight excluding hydrogens is 432 g/mol. The molecule has 2 aliphatic rings. The summed E-state index contributed by atoms with van der Waals surface area (Å²) in [5.74, 6) is -0.623. The molecule has 4 atom stereocenters. The third-order valence-electron chi connectivity index (χ3n) is 7.76. The number of aliphatic carboxylic acids is 1. The van der Waals surface area contributed by atoms with Crippen LogP contribution in [0.25, 0.3) is 0 Å². The van der Waals surface area contributed by atoms with Crippen LogP contribution in [0.5, 0.6) is 0 Å². The van der Waals surface area contributed by atoms with Crippen molar-refractivity contribution in [2.24, 2.45) is 5.92 Å². The van der Waals surface area contributed by atoms with Crippen molar-refractivity contribution >= 4 is 20.1 Å². The second-order valence-electron chi connectivity index (χ2n) is 11.3. The molecule has 5 nitrogen and oxygen atoms in total. The third kappa shape index (κ3) is 6.64. The fourth-order valence-corrected chi connectivity index (χ4v) is 6.23. The largest absolute Gasteiger partial charge is 0.481 e. The van der Waals surface area contributed by atoms with Crippen molar-refractivity contribution in [3.63, 3.8) is 0 Å². The zero-order valence-corrected chi connectivity index (χ0v) is 21.8. The molecule has 2 fully saturated rings. The lowest BCUT2D eigenvalue weighted by Crippen LogP contribution is -2.44. The number of carbonyl (C=O) groups is 2. The van der Waals surface area contributed by atoms with Crippen molar-refractivity contribution in [1.29, 1.82) is 0 Å². The number of benzene rings is 1. The number of ether oxygens (including phenoxy) is 1. The van der Waals surface area contributed by atoms with Gasteiger partial charge in [0.2, 0.25) is 0 Å². The number of ketones is 1. The molecule has 2 saturated heterocycles. The molecule has 1 unspecified atom stereocenters. The zero-order valence-electron chi connectivity index (χ0n) is 20.8. The second kappa shape index (κ2) is 10.2. The predicted octanol–water partition coefficient (Wildman–Crippen LogP) is 5.94. The van der Waals surface area contributed by atoms with Crippen molar-refractivity contribution in [1.82, 2.24) is 0 Å². The van der Waals surface area contributed by atoms with Crippen molar-refractivity contribution in [3.8, 4) is 0 Å². The molecule has 0 amide bonds. The van der Waals surface area contributed by atoms with Gasteiger partial charge in [0.25, 0.3) is 0 Å². The molecule has 2 bridgehead atoms. The Balaban J connectivity index is 1.64. The van der Waals surface area contributed by atoms with E-state index in [0.29, 0.717) is 5.92 Å². The van der Waals surface area contributed by atoms with Crippen LogP contribution in [0, 0.1) is 5.92 Å². The molecule has 2 aliphatic heterocycles. The van der Waals surface area contributed by atoms with Gasteiger partial charge in [0.15, 0.2) is 14.1 Å². The number of hydrogen-bond donors (Lipinski definition) is 1. The van der Waals surface area contributed by atoms with Crippen molar-refractivity contribution in [2.75, 3.05) is 0 Å². The van der Waals surface area contributed by atoms with Crippen LogP contribution in [0.3, 0.4) is 0 Å². The Labute approximate surface area is 199 Å². The summed E-state index contributed by atoms with van der Waals surface area (Å²) < 4.78 is 12.6. The lowest BCUT2D eigenvalue weighted by Gasteiger charge is -2.38. The highest BCUT2D eigenvalue weighted by Crippen LogP contribution is 2.50. The zero-order chi connectivity index (χ0) is 24.3. The Bertz CT molecular complexity index is 857. The maximum absolute atomic E-state index is 12.9. The SMILES string of the molecule is CC(C)(C)[Si](C)(C)OC(CC(=O)O)CC(=O)/C=C/[C@]12CC[C@H](C[C@H]1CCc1ccccc1)O2. The highest BCUT2D eigenvalue weighted by molar-refractivity contribution is 6.74. The summed E-state index contributed by atoms with van der Waals surface area (Å²) in [6.07, 6.45) is 8.29. The van der Waals surface area contributed by atoms with Crippen LogP contribution in [0.2, 0.25) is 18.1 Å². The van der Waals surface area contributed by atoms with Crippen molar-refractivity contribution in [2.45, 2.75) is 102 Å². The summed E-state index contributed by atoms with van der Waals surface area (Å²) in [5, 5.41) is 9.31. The number of allylic oxidation sites excluding steroid dienone is 1. The first kappa shape index (κ1) is 25.9. The number of carboxylic acids is 1. The van der Waals surface area contributed by atoms with E-state index in [1.165, 1.54) is 5.56 Å². The molecule has 1 aromatic carbocycles. The predicted molar refractivity (Wildman–Crippen MR) is 133 cm³/mol. The van der Waals surface area contributed by atoms with Crippen LogP contribution >= 0.6 is 0 Å². The van der Waals surface area contributed by atoms with Crippen LogP contribution < -0.4 is 0 Å². The second-order valence-corrected chi connectivity index (χ2v) is 16.0. The maximum Gasteiger partial charge on any atom is 0.305 e. The van der Waals surface area contributed by atoms with Gasteiger partial charge in [-0.1, -0.05) is 51.1 Å². The molecule has 182 valence electrons. The van der Waals surface area contributed by atoms with Gasteiger partial charge in [-0.2, -0.15) is 0 Å². The number of carbonyl (C=O) groups excluding carboxylic acids is 1. The summed E-state index contributed by atoms with van der Waals surface area (Å²) in [6.45, 7) is 10.5. The van der Waals surface area contributed by atoms with E-state index in [0.717, 1.165) is 32.1 Å². The Morgan fingerprint density at radius 2 is 1.94 bits per heavy atom. The van der Waals surface area contributed by atoms with Gasteiger partial charge in [-0.15, -0.1) is 0 Å². The highest BCUT2D eigenvalue weighted by atomic mass is 28.4. The summed E-state index contributed by atoms with van der Waals surface area (Å²) in [5.41, 5.74) is 0.965. The average Bonchev–Trinajstić information content (AvgIpc) is 3.28. The standard InChI is InChI=1S/C27H40O5Si/c1-26(2,3)33(4,5)32-24(19-25(29)30)18-22(28)13-15-27-16-14-23(31-27)17-21(27)12-11-20-9-7-6-8-10-20/h6-10,13,15,21,23-24H,11-12,14,16-19H2,1-5H3,(H,29,30)/b15-13+/t21-,23-,24?,27+/m1/s1. The fourth-order valence-electron chi connectivity index (χ4n) is 4.87. The van der Waals surface area contributed by atoms with Gasteiger partial charge in [0.1, 0.15) is 0 Å². The van der Waals surface area contributed by atoms with Gasteiger partial charge >= 0.3 is 5.97 Å². The van der Waals surface area contributed by atoms with E-state index in [9.17, 15) is 14.7 Å². The Morgan fingerprint density at radius 1 is 1.24 bits per heavy atom. The molecule has 1 N–H and O–H groups in total. The molecule has 33 heavy (non-hydrogen) atoms. The minimum Gasteiger partial charge on any atom is -0.481 e. The summed E-state index contributed by atoms with van der Waals surface area (Å²) in [6, 6.07) is 10.5. The minimum absolute atomic E-state index is 0.0515. The van der Waals surface area contributed by atoms with Gasteiger partial charge in [0.05, 0.1) is 24.2 Å². The third-order valence-corrected chi connectivity index (χ3v) is 12.3. The molecule has 0 aromatic heterocycles. The normalized spacial score (nSPS) is 26.1. The minimum atomic E-state index is -2.18. The molecule has 0 radical (unpaired) electrons. The van der Waals surface area contributed by atoms with Crippen molar-refractivity contribution in [3.05, 3.63) is 48.0 Å². The van der Waals surface area contributed by atoms with Crippen LogP contribution in [-0.2, 0) is 25.2 Å². The lowest BCUT2D eigenvalue weighted by atomic mass is 9.75. The van der Waals surface area contributed by atoms with E-state index in [2.05, 4.69) is 58.1 Å². The van der Waals surface area contributed by atoms with Gasteiger partial charge in [-0.3, -0.25) is 9.59 Å². The molecule has 2 heterocycles. The van der Waals surface area contributed by atoms with Crippen LogP contribution in [0.1, 0.15) is 64.9 Å². The smallest absolute Gasteiger partial charge is 0.305 e. The number of aryl methyl sites for hydroxylation is 1. The van der Waals surface area contributed by atoms with Crippen LogP contribution in [-0.4, -0.2) is 43.0 Å². The molecule has 0 spiro atoms. The van der Waals surface area contributed by atoms with Crippen LogP contribution in [0.4, 0.5) is 0 Å². The highest BCUT2D eigenvalue weighted by Gasteiger charge is 2.51. The topological polar surface area (TPSA) is 72.8 Å². The number of hydrogen-bond acceptors (Lipinski definition) is 4. The first-order valence-corrected chi connectivity index (χ1v) is 15.1. The average molecular weight is 473 g/mol. The van der Waals surface area contributed by atoms with E-state index in [1.54, 1.807) is 6.08 Å². The Morgan fingerprint density at radius 3 is 2.55 bits per heavy atom.